The molecule has 2 aromatic carbocycles. The average Bonchev–Trinajstić information content (AvgIpc) is 2.88. The lowest BCUT2D eigenvalue weighted by molar-refractivity contribution is -0.257. The molecule has 1 saturated carbocycles. The predicted molar refractivity (Wildman–Crippen MR) is 134 cm³/mol. The van der Waals surface area contributed by atoms with E-state index in [1.807, 2.05) is 50.3 Å². The zero-order valence-corrected chi connectivity index (χ0v) is 20.9. The Hall–Kier alpha value is -2.11. The SMILES string of the molecule is C/C=C/CCc1ccc(-c2ccc(C3CCC(C4OCC(F)(CCC)CO4)CC3)cc2)c(F)c1F. The summed E-state index contributed by atoms with van der Waals surface area (Å²) in [7, 11) is 0. The Bertz CT molecular complexity index is 985. The first kappa shape index (κ1) is 26.0. The zero-order valence-electron chi connectivity index (χ0n) is 20.9. The van der Waals surface area contributed by atoms with Gasteiger partial charge in [-0.15, -0.1) is 0 Å². The number of alkyl halides is 1. The minimum absolute atomic E-state index is 0.126. The highest BCUT2D eigenvalue weighted by Gasteiger charge is 2.40. The van der Waals surface area contributed by atoms with Crippen LogP contribution in [0.5, 0.6) is 0 Å². The van der Waals surface area contributed by atoms with Crippen molar-refractivity contribution in [3.63, 3.8) is 0 Å². The van der Waals surface area contributed by atoms with Crippen LogP contribution in [0.2, 0.25) is 0 Å². The van der Waals surface area contributed by atoms with E-state index in [1.54, 1.807) is 12.1 Å². The van der Waals surface area contributed by atoms with Crippen molar-refractivity contribution in [1.82, 2.24) is 0 Å². The molecular weight excluding hydrogens is 449 g/mol. The lowest BCUT2D eigenvalue weighted by Crippen LogP contribution is -2.46. The van der Waals surface area contributed by atoms with E-state index in [4.69, 9.17) is 9.47 Å². The molecule has 0 unspecified atom stereocenters. The normalized spacial score (nSPS) is 27.4. The van der Waals surface area contributed by atoms with Crippen LogP contribution in [-0.2, 0) is 15.9 Å². The first-order valence-corrected chi connectivity index (χ1v) is 13.0. The van der Waals surface area contributed by atoms with E-state index in [9.17, 15) is 13.2 Å². The van der Waals surface area contributed by atoms with Crippen LogP contribution in [-0.4, -0.2) is 25.2 Å². The molecule has 1 aliphatic heterocycles. The minimum atomic E-state index is -1.35. The second kappa shape index (κ2) is 11.7. The van der Waals surface area contributed by atoms with Gasteiger partial charge in [0.25, 0.3) is 0 Å². The molecule has 2 aromatic rings. The lowest BCUT2D eigenvalue weighted by atomic mass is 9.78. The van der Waals surface area contributed by atoms with Crippen molar-refractivity contribution < 1.29 is 22.6 Å². The minimum Gasteiger partial charge on any atom is -0.349 e. The van der Waals surface area contributed by atoms with Gasteiger partial charge in [0, 0.05) is 11.5 Å². The molecule has 1 aliphatic carbocycles. The van der Waals surface area contributed by atoms with E-state index in [1.165, 1.54) is 5.56 Å². The molecule has 0 spiro atoms. The molecule has 0 aromatic heterocycles. The molecule has 0 radical (unpaired) electrons. The summed E-state index contributed by atoms with van der Waals surface area (Å²) in [6.45, 7) is 4.14. The van der Waals surface area contributed by atoms with Crippen LogP contribution in [0.3, 0.4) is 0 Å². The average molecular weight is 487 g/mol. The molecule has 1 saturated heterocycles. The number of allylic oxidation sites excluding steroid dienone is 2. The second-order valence-corrected chi connectivity index (χ2v) is 10.1. The zero-order chi connectivity index (χ0) is 24.8. The van der Waals surface area contributed by atoms with Crippen LogP contribution in [0.1, 0.15) is 75.8 Å². The number of hydrogen-bond acceptors (Lipinski definition) is 2. The van der Waals surface area contributed by atoms with Crippen LogP contribution in [0.15, 0.2) is 48.6 Å². The van der Waals surface area contributed by atoms with Gasteiger partial charge < -0.3 is 9.47 Å². The van der Waals surface area contributed by atoms with Crippen molar-refractivity contribution in [3.8, 4) is 11.1 Å². The van der Waals surface area contributed by atoms with E-state index in [0.717, 1.165) is 32.1 Å². The summed E-state index contributed by atoms with van der Waals surface area (Å²) in [5, 5.41) is 0. The number of rotatable bonds is 8. The number of benzene rings is 2. The first-order chi connectivity index (χ1) is 16.9. The van der Waals surface area contributed by atoms with Crippen LogP contribution in [0.4, 0.5) is 13.2 Å². The predicted octanol–water partition coefficient (Wildman–Crippen LogP) is 8.30. The summed E-state index contributed by atoms with van der Waals surface area (Å²) < 4.78 is 55.5. The molecule has 0 atom stereocenters. The van der Waals surface area contributed by atoms with Crippen molar-refractivity contribution in [2.24, 2.45) is 5.92 Å². The fourth-order valence-electron chi connectivity index (χ4n) is 5.49. The van der Waals surface area contributed by atoms with Crippen LogP contribution in [0, 0.1) is 17.6 Å². The maximum Gasteiger partial charge on any atom is 0.166 e. The van der Waals surface area contributed by atoms with Gasteiger partial charge in [0.15, 0.2) is 23.6 Å². The van der Waals surface area contributed by atoms with E-state index < -0.39 is 17.3 Å². The summed E-state index contributed by atoms with van der Waals surface area (Å²) >= 11 is 0. The van der Waals surface area contributed by atoms with E-state index in [2.05, 4.69) is 0 Å². The molecule has 1 heterocycles. The van der Waals surface area contributed by atoms with Gasteiger partial charge in [-0.2, -0.15) is 0 Å². The van der Waals surface area contributed by atoms with Crippen molar-refractivity contribution in [3.05, 3.63) is 71.3 Å². The third kappa shape index (κ3) is 6.18. The third-order valence-corrected chi connectivity index (χ3v) is 7.54. The van der Waals surface area contributed by atoms with Gasteiger partial charge in [-0.1, -0.05) is 61.9 Å². The number of halogens is 3. The van der Waals surface area contributed by atoms with Crippen molar-refractivity contribution in [2.45, 2.75) is 83.1 Å². The summed E-state index contributed by atoms with van der Waals surface area (Å²) in [5.74, 6) is -0.818. The number of hydrogen-bond donors (Lipinski definition) is 0. The summed E-state index contributed by atoms with van der Waals surface area (Å²) in [6, 6.07) is 11.2. The fraction of sp³-hybridized carbons (Fsp3) is 0.533. The summed E-state index contributed by atoms with van der Waals surface area (Å²) in [6.07, 6.45) is 9.94. The third-order valence-electron chi connectivity index (χ3n) is 7.54. The van der Waals surface area contributed by atoms with Crippen molar-refractivity contribution in [2.75, 3.05) is 13.2 Å². The Kier molecular flexibility index (Phi) is 8.72. The Morgan fingerprint density at radius 2 is 1.63 bits per heavy atom. The van der Waals surface area contributed by atoms with Crippen LogP contribution >= 0.6 is 0 Å². The second-order valence-electron chi connectivity index (χ2n) is 10.1. The van der Waals surface area contributed by atoms with Gasteiger partial charge in [0.1, 0.15) is 0 Å². The Labute approximate surface area is 207 Å². The van der Waals surface area contributed by atoms with Gasteiger partial charge in [-0.25, -0.2) is 13.2 Å². The fourth-order valence-corrected chi connectivity index (χ4v) is 5.49. The molecule has 2 fully saturated rings. The van der Waals surface area contributed by atoms with Crippen LogP contribution < -0.4 is 0 Å². The van der Waals surface area contributed by atoms with E-state index >= 15 is 0 Å². The van der Waals surface area contributed by atoms with Gasteiger partial charge >= 0.3 is 0 Å². The Morgan fingerprint density at radius 1 is 0.943 bits per heavy atom. The molecule has 0 amide bonds. The van der Waals surface area contributed by atoms with Crippen molar-refractivity contribution in [1.29, 1.82) is 0 Å². The standard InChI is InChI=1S/C30H37F3O2/c1-3-5-6-7-24-16-17-26(28(32)27(24)31)23-12-8-21(9-13-23)22-10-14-25(15-11-22)29-34-19-30(33,18-4-2)20-35-29/h3,5,8-9,12-13,16-17,22,25,29H,4,6-7,10-11,14-15,18-20H2,1-2H3/b5-3+. The largest absolute Gasteiger partial charge is 0.349 e. The molecule has 190 valence electrons. The molecule has 2 aliphatic rings. The quantitative estimate of drug-likeness (QED) is 0.349. The Balaban J connectivity index is 1.33. The van der Waals surface area contributed by atoms with E-state index in [0.29, 0.717) is 47.8 Å². The monoisotopic (exact) mass is 486 g/mol. The summed E-state index contributed by atoms with van der Waals surface area (Å²) in [4.78, 5) is 0. The molecule has 0 N–H and O–H groups in total. The van der Waals surface area contributed by atoms with Gasteiger partial charge in [0.2, 0.25) is 0 Å². The topological polar surface area (TPSA) is 18.5 Å². The molecule has 4 rings (SSSR count). The summed E-state index contributed by atoms with van der Waals surface area (Å²) in [5.41, 5.74) is 1.26. The molecule has 35 heavy (non-hydrogen) atoms. The molecular formula is C30H37F3O2. The highest BCUT2D eigenvalue weighted by atomic mass is 19.2. The maximum atomic E-state index is 14.8. The highest BCUT2D eigenvalue weighted by Crippen LogP contribution is 2.40. The maximum absolute atomic E-state index is 14.8. The van der Waals surface area contributed by atoms with Gasteiger partial charge in [-0.05, 0) is 74.5 Å². The van der Waals surface area contributed by atoms with Gasteiger partial charge in [0.05, 0.1) is 13.2 Å². The Morgan fingerprint density at radius 3 is 2.26 bits per heavy atom. The first-order valence-electron chi connectivity index (χ1n) is 13.0. The smallest absolute Gasteiger partial charge is 0.166 e. The number of ether oxygens (including phenoxy) is 2. The molecule has 0 bridgehead atoms. The van der Waals surface area contributed by atoms with Crippen molar-refractivity contribution >= 4 is 0 Å². The molecule has 2 nitrogen and oxygen atoms in total. The lowest BCUT2D eigenvalue weighted by Gasteiger charge is -2.40. The molecule has 5 heteroatoms. The van der Waals surface area contributed by atoms with E-state index in [-0.39, 0.29) is 19.5 Å². The van der Waals surface area contributed by atoms with Crippen LogP contribution in [0.25, 0.3) is 11.1 Å². The number of aryl methyl sites for hydroxylation is 1. The highest BCUT2D eigenvalue weighted by molar-refractivity contribution is 5.65. The van der Waals surface area contributed by atoms with Gasteiger partial charge in [-0.3, -0.25) is 0 Å².